The van der Waals surface area contributed by atoms with Crippen molar-refractivity contribution >= 4 is 0 Å². The zero-order valence-corrected chi connectivity index (χ0v) is 21.7. The predicted molar refractivity (Wildman–Crippen MR) is 143 cm³/mol. The van der Waals surface area contributed by atoms with Gasteiger partial charge in [-0.3, -0.25) is 0 Å². The molecule has 0 aromatic heterocycles. The van der Waals surface area contributed by atoms with Gasteiger partial charge in [-0.1, -0.05) is 60.7 Å². The maximum Gasteiger partial charge on any atom is 0.164 e. The Hall–Kier alpha value is -4.32. The van der Waals surface area contributed by atoms with Crippen molar-refractivity contribution in [2.24, 2.45) is 0 Å². The first-order valence-corrected chi connectivity index (χ1v) is 12.0. The molecular formula is C31H32O6. The molecule has 0 N–H and O–H groups in total. The number of rotatable bonds is 12. The molecule has 0 aliphatic heterocycles. The SMILES string of the molecule is COc1cc(Cc2cc(OC)c(OC)cc2OCc2ccccc2)c(OCc2ccccc2)cc1OC. The maximum absolute atomic E-state index is 6.28. The number of hydrogen-bond donors (Lipinski definition) is 0. The van der Waals surface area contributed by atoms with Gasteiger partial charge in [-0.2, -0.15) is 0 Å². The summed E-state index contributed by atoms with van der Waals surface area (Å²) in [6, 6.07) is 27.7. The molecule has 0 saturated carbocycles. The van der Waals surface area contributed by atoms with Gasteiger partial charge < -0.3 is 28.4 Å². The van der Waals surface area contributed by atoms with Gasteiger partial charge in [0.05, 0.1) is 28.4 Å². The number of hydrogen-bond acceptors (Lipinski definition) is 6. The van der Waals surface area contributed by atoms with Gasteiger partial charge in [0.2, 0.25) is 0 Å². The lowest BCUT2D eigenvalue weighted by molar-refractivity contribution is 0.293. The van der Waals surface area contributed by atoms with E-state index >= 15 is 0 Å². The Labute approximate surface area is 218 Å². The van der Waals surface area contributed by atoms with Gasteiger partial charge in [0.1, 0.15) is 24.7 Å². The minimum Gasteiger partial charge on any atom is -0.493 e. The minimum atomic E-state index is 0.423. The van der Waals surface area contributed by atoms with E-state index in [4.69, 9.17) is 28.4 Å². The summed E-state index contributed by atoms with van der Waals surface area (Å²) in [4.78, 5) is 0. The van der Waals surface area contributed by atoms with Gasteiger partial charge in [0, 0.05) is 29.7 Å². The number of ether oxygens (including phenoxy) is 6. The molecule has 6 heteroatoms. The molecule has 0 aliphatic rings. The highest BCUT2D eigenvalue weighted by Crippen LogP contribution is 2.40. The molecule has 192 valence electrons. The lowest BCUT2D eigenvalue weighted by Crippen LogP contribution is -2.04. The van der Waals surface area contributed by atoms with Crippen molar-refractivity contribution in [3.63, 3.8) is 0 Å². The highest BCUT2D eigenvalue weighted by Gasteiger charge is 2.18. The lowest BCUT2D eigenvalue weighted by Gasteiger charge is -2.19. The zero-order chi connectivity index (χ0) is 26.0. The van der Waals surface area contributed by atoms with E-state index in [0.717, 1.165) is 22.3 Å². The quantitative estimate of drug-likeness (QED) is 0.222. The van der Waals surface area contributed by atoms with Crippen LogP contribution in [-0.4, -0.2) is 28.4 Å². The Morgan fingerprint density at radius 2 is 0.784 bits per heavy atom. The molecule has 0 aliphatic carbocycles. The lowest BCUT2D eigenvalue weighted by atomic mass is 10.0. The van der Waals surface area contributed by atoms with Gasteiger partial charge >= 0.3 is 0 Å². The number of methoxy groups -OCH3 is 4. The second kappa shape index (κ2) is 12.6. The fourth-order valence-corrected chi connectivity index (χ4v) is 4.03. The molecular weight excluding hydrogens is 468 g/mol. The normalized spacial score (nSPS) is 10.5. The van der Waals surface area contributed by atoms with E-state index in [2.05, 4.69) is 0 Å². The molecule has 0 radical (unpaired) electrons. The molecule has 0 saturated heterocycles. The second-order valence-electron chi connectivity index (χ2n) is 8.36. The Balaban J connectivity index is 1.70. The van der Waals surface area contributed by atoms with Crippen LogP contribution in [0.15, 0.2) is 84.9 Å². The Kier molecular flexibility index (Phi) is 8.76. The van der Waals surface area contributed by atoms with Crippen LogP contribution in [0.5, 0.6) is 34.5 Å². The molecule has 0 bridgehead atoms. The van der Waals surface area contributed by atoms with Crippen LogP contribution in [0.4, 0.5) is 0 Å². The first kappa shape index (κ1) is 25.8. The first-order valence-electron chi connectivity index (χ1n) is 12.0. The van der Waals surface area contributed by atoms with Crippen molar-refractivity contribution in [3.8, 4) is 34.5 Å². The summed E-state index contributed by atoms with van der Waals surface area (Å²) in [5.74, 6) is 3.84. The standard InChI is InChI=1S/C31H32O6/c1-32-28-16-24(26(18-30(28)34-3)36-20-22-11-7-5-8-12-22)15-25-17-29(33-2)31(35-4)19-27(25)37-21-23-13-9-6-10-14-23/h5-14,16-19H,15,20-21H2,1-4H3. The summed E-state index contributed by atoms with van der Waals surface area (Å²) in [5, 5.41) is 0. The van der Waals surface area contributed by atoms with Crippen LogP contribution in [0.25, 0.3) is 0 Å². The van der Waals surface area contributed by atoms with Crippen molar-refractivity contribution in [3.05, 3.63) is 107 Å². The summed E-state index contributed by atoms with van der Waals surface area (Å²) in [7, 11) is 6.47. The van der Waals surface area contributed by atoms with Gasteiger partial charge in [-0.25, -0.2) is 0 Å². The molecule has 6 nitrogen and oxygen atoms in total. The fourth-order valence-electron chi connectivity index (χ4n) is 4.03. The van der Waals surface area contributed by atoms with Crippen LogP contribution < -0.4 is 28.4 Å². The average molecular weight is 501 g/mol. The average Bonchev–Trinajstić information content (AvgIpc) is 2.96. The highest BCUT2D eigenvalue weighted by atomic mass is 16.5. The topological polar surface area (TPSA) is 55.4 Å². The Bertz CT molecular complexity index is 1190. The van der Waals surface area contributed by atoms with Crippen LogP contribution >= 0.6 is 0 Å². The van der Waals surface area contributed by atoms with E-state index in [1.54, 1.807) is 28.4 Å². The maximum atomic E-state index is 6.28. The molecule has 4 aromatic rings. The molecule has 4 aromatic carbocycles. The summed E-state index contributed by atoms with van der Waals surface area (Å²) in [5.41, 5.74) is 3.98. The molecule has 0 unspecified atom stereocenters. The zero-order valence-electron chi connectivity index (χ0n) is 21.7. The van der Waals surface area contributed by atoms with E-state index in [9.17, 15) is 0 Å². The Morgan fingerprint density at radius 3 is 1.14 bits per heavy atom. The Morgan fingerprint density at radius 1 is 0.432 bits per heavy atom. The summed E-state index contributed by atoms with van der Waals surface area (Å²) >= 11 is 0. The third kappa shape index (κ3) is 6.47. The molecule has 0 heterocycles. The third-order valence-corrected chi connectivity index (χ3v) is 5.99. The molecule has 4 rings (SSSR count). The van der Waals surface area contributed by atoms with E-state index in [1.807, 2.05) is 84.9 Å². The summed E-state index contributed by atoms with van der Waals surface area (Å²) < 4.78 is 34.8. The van der Waals surface area contributed by atoms with Crippen molar-refractivity contribution in [2.75, 3.05) is 28.4 Å². The summed E-state index contributed by atoms with van der Waals surface area (Å²) in [6.07, 6.45) is 0.509. The van der Waals surface area contributed by atoms with Gasteiger partial charge in [0.15, 0.2) is 23.0 Å². The van der Waals surface area contributed by atoms with Gasteiger partial charge in [-0.15, -0.1) is 0 Å². The molecule has 0 fully saturated rings. The minimum absolute atomic E-state index is 0.423. The van der Waals surface area contributed by atoms with Crippen LogP contribution in [0, 0.1) is 0 Å². The third-order valence-electron chi connectivity index (χ3n) is 5.99. The number of benzene rings is 4. The largest absolute Gasteiger partial charge is 0.493 e. The van der Waals surface area contributed by atoms with Crippen LogP contribution in [-0.2, 0) is 19.6 Å². The van der Waals surface area contributed by atoms with E-state index < -0.39 is 0 Å². The highest BCUT2D eigenvalue weighted by molar-refractivity contribution is 5.56. The first-order chi connectivity index (χ1) is 18.1. The second-order valence-corrected chi connectivity index (χ2v) is 8.36. The van der Waals surface area contributed by atoms with Crippen LogP contribution in [0.1, 0.15) is 22.3 Å². The van der Waals surface area contributed by atoms with Crippen molar-refractivity contribution in [1.29, 1.82) is 0 Å². The molecule has 37 heavy (non-hydrogen) atoms. The van der Waals surface area contributed by atoms with Crippen molar-refractivity contribution in [1.82, 2.24) is 0 Å². The predicted octanol–water partition coefficient (Wildman–Crippen LogP) is 6.47. The molecule has 0 atom stereocenters. The summed E-state index contributed by atoms with van der Waals surface area (Å²) in [6.45, 7) is 0.846. The molecule has 0 amide bonds. The monoisotopic (exact) mass is 500 g/mol. The van der Waals surface area contributed by atoms with E-state index in [0.29, 0.717) is 54.1 Å². The van der Waals surface area contributed by atoms with Crippen LogP contribution in [0.2, 0.25) is 0 Å². The van der Waals surface area contributed by atoms with Crippen molar-refractivity contribution in [2.45, 2.75) is 19.6 Å². The van der Waals surface area contributed by atoms with E-state index in [1.165, 1.54) is 0 Å². The fraction of sp³-hybridized carbons (Fsp3) is 0.226. The van der Waals surface area contributed by atoms with Gasteiger partial charge in [-0.05, 0) is 23.3 Å². The van der Waals surface area contributed by atoms with Gasteiger partial charge in [0.25, 0.3) is 0 Å². The van der Waals surface area contributed by atoms with Crippen molar-refractivity contribution < 1.29 is 28.4 Å². The molecule has 0 spiro atoms. The smallest absolute Gasteiger partial charge is 0.164 e. The van der Waals surface area contributed by atoms with E-state index in [-0.39, 0.29) is 0 Å². The van der Waals surface area contributed by atoms with Crippen LogP contribution in [0.3, 0.4) is 0 Å².